The van der Waals surface area contributed by atoms with Crippen molar-refractivity contribution < 1.29 is 4.74 Å². The lowest BCUT2D eigenvalue weighted by Crippen LogP contribution is -1.99. The molecule has 0 aliphatic rings. The predicted octanol–water partition coefficient (Wildman–Crippen LogP) is 5.37. The molecular weight excluding hydrogens is 232 g/mol. The van der Waals surface area contributed by atoms with Gasteiger partial charge in [0, 0.05) is 5.57 Å². The van der Waals surface area contributed by atoms with Crippen molar-refractivity contribution in [1.82, 2.24) is 0 Å². The van der Waals surface area contributed by atoms with Gasteiger partial charge in [0.2, 0.25) is 0 Å². The molecule has 0 aromatic heterocycles. The predicted molar refractivity (Wildman–Crippen MR) is 84.1 cm³/mol. The van der Waals surface area contributed by atoms with E-state index >= 15 is 0 Å². The first-order chi connectivity index (χ1) is 9.15. The van der Waals surface area contributed by atoms with Crippen LogP contribution in [0.1, 0.15) is 51.7 Å². The number of rotatable bonds is 6. The van der Waals surface area contributed by atoms with E-state index < -0.39 is 0 Å². The summed E-state index contributed by atoms with van der Waals surface area (Å²) in [5.41, 5.74) is 5.25. The molecule has 0 N–H and O–H groups in total. The normalized spacial score (nSPS) is 13.2. The molecule has 1 nitrogen and oxygen atoms in total. The fraction of sp³-hybridized carbons (Fsp3) is 0.444. The molecule has 0 radical (unpaired) electrons. The highest BCUT2D eigenvalue weighted by Crippen LogP contribution is 2.30. The summed E-state index contributed by atoms with van der Waals surface area (Å²) >= 11 is 0. The third-order valence-electron chi connectivity index (χ3n) is 3.37. The Kier molecular flexibility index (Phi) is 6.41. The van der Waals surface area contributed by atoms with Crippen molar-refractivity contribution in [3.63, 3.8) is 0 Å². The number of ether oxygens (including phenoxy) is 1. The minimum absolute atomic E-state index is 0.991. The van der Waals surface area contributed by atoms with E-state index in [9.17, 15) is 0 Å². The summed E-state index contributed by atoms with van der Waals surface area (Å²) in [6, 6.07) is 8.65. The monoisotopic (exact) mass is 258 g/mol. The van der Waals surface area contributed by atoms with Crippen LogP contribution in [0.15, 0.2) is 41.7 Å². The van der Waals surface area contributed by atoms with Crippen LogP contribution in [-0.2, 0) is 11.2 Å². The zero-order valence-corrected chi connectivity index (χ0v) is 12.9. The highest BCUT2D eigenvalue weighted by Gasteiger charge is 2.12. The van der Waals surface area contributed by atoms with Gasteiger partial charge in [0.15, 0.2) is 0 Å². The van der Waals surface area contributed by atoms with E-state index in [-0.39, 0.29) is 0 Å². The van der Waals surface area contributed by atoms with Gasteiger partial charge in [-0.1, -0.05) is 50.6 Å². The van der Waals surface area contributed by atoms with E-state index in [1.54, 1.807) is 7.11 Å². The van der Waals surface area contributed by atoms with Crippen LogP contribution < -0.4 is 0 Å². The summed E-state index contributed by atoms with van der Waals surface area (Å²) in [4.78, 5) is 0. The van der Waals surface area contributed by atoms with Crippen LogP contribution in [0, 0.1) is 0 Å². The zero-order chi connectivity index (χ0) is 14.3. The van der Waals surface area contributed by atoms with Crippen molar-refractivity contribution in [3.8, 4) is 0 Å². The summed E-state index contributed by atoms with van der Waals surface area (Å²) in [6.07, 6.45) is 5.58. The Balaban J connectivity index is 3.39. The summed E-state index contributed by atoms with van der Waals surface area (Å²) in [6.45, 7) is 8.61. The van der Waals surface area contributed by atoms with Crippen molar-refractivity contribution in [2.75, 3.05) is 7.11 Å². The average molecular weight is 258 g/mol. The summed E-state index contributed by atoms with van der Waals surface area (Å²) < 4.78 is 5.51. The van der Waals surface area contributed by atoms with Gasteiger partial charge in [0.25, 0.3) is 0 Å². The second kappa shape index (κ2) is 7.83. The third-order valence-corrected chi connectivity index (χ3v) is 3.37. The van der Waals surface area contributed by atoms with E-state index in [2.05, 4.69) is 51.1 Å². The number of hydrogen-bond acceptors (Lipinski definition) is 1. The van der Waals surface area contributed by atoms with Crippen LogP contribution >= 0.6 is 0 Å². The Hall–Kier alpha value is -1.50. The Labute approximate surface area is 118 Å². The molecule has 0 unspecified atom stereocenters. The molecule has 0 spiro atoms. The van der Waals surface area contributed by atoms with Gasteiger partial charge < -0.3 is 4.74 Å². The molecule has 0 heterocycles. The molecule has 0 saturated heterocycles. The average Bonchev–Trinajstić information content (AvgIpc) is 2.41. The van der Waals surface area contributed by atoms with Crippen molar-refractivity contribution >= 4 is 5.57 Å². The van der Waals surface area contributed by atoms with Crippen LogP contribution in [-0.4, -0.2) is 7.11 Å². The molecule has 1 rings (SSSR count). The Bertz CT molecular complexity index is 466. The second-order valence-corrected chi connectivity index (χ2v) is 4.84. The maximum Gasteiger partial charge on any atom is 0.100 e. The van der Waals surface area contributed by atoms with Crippen LogP contribution in [0.25, 0.3) is 5.57 Å². The molecule has 0 atom stereocenters. The van der Waals surface area contributed by atoms with Crippen molar-refractivity contribution in [2.24, 2.45) is 0 Å². The van der Waals surface area contributed by atoms with Gasteiger partial charge >= 0.3 is 0 Å². The molecule has 1 aromatic rings. The smallest absolute Gasteiger partial charge is 0.100 e. The molecule has 19 heavy (non-hydrogen) atoms. The van der Waals surface area contributed by atoms with Gasteiger partial charge in [0.05, 0.1) is 7.11 Å². The minimum atomic E-state index is 0.991. The lowest BCUT2D eigenvalue weighted by molar-refractivity contribution is 0.296. The van der Waals surface area contributed by atoms with Gasteiger partial charge in [-0.2, -0.15) is 0 Å². The van der Waals surface area contributed by atoms with Gasteiger partial charge in [-0.15, -0.1) is 0 Å². The Morgan fingerprint density at radius 3 is 2.42 bits per heavy atom. The first-order valence-electron chi connectivity index (χ1n) is 7.15. The van der Waals surface area contributed by atoms with Gasteiger partial charge in [-0.05, 0) is 43.4 Å². The Morgan fingerprint density at radius 2 is 1.84 bits per heavy atom. The second-order valence-electron chi connectivity index (χ2n) is 4.84. The lowest BCUT2D eigenvalue weighted by Gasteiger charge is -2.16. The summed E-state index contributed by atoms with van der Waals surface area (Å²) in [5.74, 6) is 0.991. The number of benzene rings is 1. The van der Waals surface area contributed by atoms with Crippen LogP contribution in [0.3, 0.4) is 0 Å². The molecule has 0 aliphatic heterocycles. The molecule has 0 bridgehead atoms. The van der Waals surface area contributed by atoms with E-state index in [4.69, 9.17) is 4.74 Å². The SMILES string of the molecule is CC/C=C(C)/C(=C(/C)OC)c1ccccc1CCC. The molecule has 0 aliphatic carbocycles. The van der Waals surface area contributed by atoms with Gasteiger partial charge in [-0.3, -0.25) is 0 Å². The summed E-state index contributed by atoms with van der Waals surface area (Å²) in [7, 11) is 1.75. The first kappa shape index (κ1) is 15.6. The largest absolute Gasteiger partial charge is 0.501 e. The van der Waals surface area contributed by atoms with Gasteiger partial charge in [0.1, 0.15) is 5.76 Å². The number of allylic oxidation sites excluding steroid dienone is 4. The van der Waals surface area contributed by atoms with E-state index in [1.807, 2.05) is 6.92 Å². The standard InChI is InChI=1S/C18H26O/c1-6-10-14(3)18(15(4)19-5)17-13-9-8-12-16(17)11-7-2/h8-10,12-13H,6-7,11H2,1-5H3/b14-10+,18-15+. The fourth-order valence-corrected chi connectivity index (χ4v) is 2.44. The van der Waals surface area contributed by atoms with Crippen LogP contribution in [0.2, 0.25) is 0 Å². The number of aryl methyl sites for hydroxylation is 1. The number of hydrogen-bond donors (Lipinski definition) is 0. The fourth-order valence-electron chi connectivity index (χ4n) is 2.44. The quantitative estimate of drug-likeness (QED) is 0.492. The molecule has 0 saturated carbocycles. The lowest BCUT2D eigenvalue weighted by atomic mass is 9.91. The van der Waals surface area contributed by atoms with Crippen molar-refractivity contribution in [3.05, 3.63) is 52.8 Å². The molecule has 1 heteroatoms. The maximum atomic E-state index is 5.51. The van der Waals surface area contributed by atoms with Gasteiger partial charge in [-0.25, -0.2) is 0 Å². The van der Waals surface area contributed by atoms with E-state index in [0.717, 1.165) is 25.0 Å². The van der Waals surface area contributed by atoms with E-state index in [0.29, 0.717) is 0 Å². The minimum Gasteiger partial charge on any atom is -0.501 e. The van der Waals surface area contributed by atoms with Crippen molar-refractivity contribution in [1.29, 1.82) is 0 Å². The number of methoxy groups -OCH3 is 1. The van der Waals surface area contributed by atoms with Crippen molar-refractivity contribution in [2.45, 2.75) is 47.0 Å². The molecule has 104 valence electrons. The van der Waals surface area contributed by atoms with E-state index in [1.165, 1.54) is 22.3 Å². The van der Waals surface area contributed by atoms with Crippen LogP contribution in [0.4, 0.5) is 0 Å². The molecular formula is C18H26O. The third kappa shape index (κ3) is 3.99. The molecule has 0 fully saturated rings. The first-order valence-corrected chi connectivity index (χ1v) is 7.15. The topological polar surface area (TPSA) is 9.23 Å². The highest BCUT2D eigenvalue weighted by molar-refractivity contribution is 5.81. The van der Waals surface area contributed by atoms with Crippen LogP contribution in [0.5, 0.6) is 0 Å². The zero-order valence-electron chi connectivity index (χ0n) is 12.9. The highest BCUT2D eigenvalue weighted by atomic mass is 16.5. The summed E-state index contributed by atoms with van der Waals surface area (Å²) in [5, 5.41) is 0. The molecule has 0 amide bonds. The molecule has 1 aromatic carbocycles. The maximum absolute atomic E-state index is 5.51. The Morgan fingerprint density at radius 1 is 1.16 bits per heavy atom.